The van der Waals surface area contributed by atoms with Crippen LogP contribution in [0.4, 0.5) is 0 Å². The van der Waals surface area contributed by atoms with Gasteiger partial charge in [-0.25, -0.2) is 0 Å². The molecular formula is C17H27NO. The predicted molar refractivity (Wildman–Crippen MR) is 80.4 cm³/mol. The summed E-state index contributed by atoms with van der Waals surface area (Å²) >= 11 is 0. The minimum absolute atomic E-state index is 0.326. The number of aryl methyl sites for hydroxylation is 2. The van der Waals surface area contributed by atoms with Crippen LogP contribution in [-0.4, -0.2) is 29.1 Å². The van der Waals surface area contributed by atoms with Gasteiger partial charge in [-0.1, -0.05) is 24.6 Å². The van der Waals surface area contributed by atoms with Crippen molar-refractivity contribution in [3.8, 4) is 0 Å². The van der Waals surface area contributed by atoms with E-state index in [1.807, 2.05) is 0 Å². The fourth-order valence-corrected chi connectivity index (χ4v) is 2.92. The maximum atomic E-state index is 10.3. The van der Waals surface area contributed by atoms with Crippen molar-refractivity contribution in [1.82, 2.24) is 4.90 Å². The van der Waals surface area contributed by atoms with Gasteiger partial charge >= 0.3 is 0 Å². The number of hydrogen-bond acceptors (Lipinski definition) is 2. The molecule has 2 unspecified atom stereocenters. The van der Waals surface area contributed by atoms with Crippen molar-refractivity contribution in [3.63, 3.8) is 0 Å². The summed E-state index contributed by atoms with van der Waals surface area (Å²) in [7, 11) is 0. The summed E-state index contributed by atoms with van der Waals surface area (Å²) in [5.41, 5.74) is 3.62. The fraction of sp³-hybridized carbons (Fsp3) is 0.647. The largest absolute Gasteiger partial charge is 0.388 e. The van der Waals surface area contributed by atoms with Crippen LogP contribution < -0.4 is 0 Å². The molecule has 1 fully saturated rings. The highest BCUT2D eigenvalue weighted by molar-refractivity contribution is 5.31. The van der Waals surface area contributed by atoms with E-state index in [1.54, 1.807) is 0 Å². The van der Waals surface area contributed by atoms with E-state index in [2.05, 4.69) is 43.9 Å². The topological polar surface area (TPSA) is 23.5 Å². The number of rotatable bonds is 4. The molecule has 0 amide bonds. The Labute approximate surface area is 117 Å². The molecule has 0 saturated carbocycles. The van der Waals surface area contributed by atoms with E-state index < -0.39 is 0 Å². The predicted octanol–water partition coefficient (Wildman–Crippen LogP) is 3.60. The normalized spacial score (nSPS) is 22.4. The zero-order chi connectivity index (χ0) is 13.8. The van der Waals surface area contributed by atoms with Crippen molar-refractivity contribution in [1.29, 1.82) is 0 Å². The first-order chi connectivity index (χ1) is 9.08. The number of piperidine rings is 1. The van der Waals surface area contributed by atoms with Gasteiger partial charge in [0.05, 0.1) is 6.10 Å². The highest BCUT2D eigenvalue weighted by Gasteiger charge is 2.19. The third-order valence-corrected chi connectivity index (χ3v) is 4.55. The van der Waals surface area contributed by atoms with Crippen LogP contribution in [0.1, 0.15) is 55.4 Å². The Kier molecular flexibility index (Phi) is 5.00. The van der Waals surface area contributed by atoms with Gasteiger partial charge in [-0.05, 0) is 63.3 Å². The van der Waals surface area contributed by atoms with Crippen LogP contribution in [0, 0.1) is 13.8 Å². The molecule has 1 heterocycles. The van der Waals surface area contributed by atoms with Gasteiger partial charge in [0.2, 0.25) is 0 Å². The lowest BCUT2D eigenvalue weighted by atomic mass is 9.99. The van der Waals surface area contributed by atoms with Crippen LogP contribution in [0.25, 0.3) is 0 Å². The molecule has 1 aliphatic heterocycles. The lowest BCUT2D eigenvalue weighted by molar-refractivity contribution is 0.109. The Hall–Kier alpha value is -0.860. The summed E-state index contributed by atoms with van der Waals surface area (Å²) in [5, 5.41) is 10.3. The van der Waals surface area contributed by atoms with Crippen molar-refractivity contribution >= 4 is 0 Å². The van der Waals surface area contributed by atoms with Crippen LogP contribution in [0.15, 0.2) is 18.2 Å². The second-order valence-electron chi connectivity index (χ2n) is 6.03. The molecule has 2 atom stereocenters. The molecule has 0 aromatic heterocycles. The summed E-state index contributed by atoms with van der Waals surface area (Å²) in [6, 6.07) is 6.98. The van der Waals surface area contributed by atoms with Crippen molar-refractivity contribution in [3.05, 3.63) is 34.9 Å². The van der Waals surface area contributed by atoms with Crippen LogP contribution >= 0.6 is 0 Å². The summed E-state index contributed by atoms with van der Waals surface area (Å²) in [6.45, 7) is 8.73. The molecule has 1 saturated heterocycles. The van der Waals surface area contributed by atoms with E-state index in [4.69, 9.17) is 0 Å². The molecule has 1 aromatic carbocycles. The molecule has 19 heavy (non-hydrogen) atoms. The first-order valence-corrected chi connectivity index (χ1v) is 7.57. The molecule has 1 aromatic rings. The summed E-state index contributed by atoms with van der Waals surface area (Å²) in [5.74, 6) is 0. The second-order valence-corrected chi connectivity index (χ2v) is 6.03. The standard InChI is InChI=1S/C17H27NO/c1-13-7-8-16(12-14(13)2)17(19)9-11-18-10-5-4-6-15(18)3/h7-8,12,15,17,19H,4-6,9-11H2,1-3H3. The molecule has 2 rings (SSSR count). The summed E-state index contributed by atoms with van der Waals surface area (Å²) in [4.78, 5) is 2.52. The third-order valence-electron chi connectivity index (χ3n) is 4.55. The van der Waals surface area contributed by atoms with Gasteiger partial charge in [0.25, 0.3) is 0 Å². The Balaban J connectivity index is 1.89. The lowest BCUT2D eigenvalue weighted by Crippen LogP contribution is -2.38. The van der Waals surface area contributed by atoms with Crippen molar-refractivity contribution in [2.45, 2.75) is 58.6 Å². The quantitative estimate of drug-likeness (QED) is 0.895. The molecule has 0 bridgehead atoms. The molecule has 2 nitrogen and oxygen atoms in total. The number of benzene rings is 1. The van der Waals surface area contributed by atoms with E-state index in [0.29, 0.717) is 6.04 Å². The van der Waals surface area contributed by atoms with E-state index in [0.717, 1.165) is 18.5 Å². The van der Waals surface area contributed by atoms with E-state index in [-0.39, 0.29) is 6.10 Å². The second kappa shape index (κ2) is 6.53. The summed E-state index contributed by atoms with van der Waals surface area (Å²) < 4.78 is 0. The van der Waals surface area contributed by atoms with Crippen LogP contribution in [0.5, 0.6) is 0 Å². The molecule has 0 aliphatic carbocycles. The Bertz CT molecular complexity index is 416. The Morgan fingerprint density at radius 1 is 1.26 bits per heavy atom. The fourth-order valence-electron chi connectivity index (χ4n) is 2.92. The number of aliphatic hydroxyl groups is 1. The van der Waals surface area contributed by atoms with E-state index in [1.165, 1.54) is 36.9 Å². The zero-order valence-electron chi connectivity index (χ0n) is 12.5. The first kappa shape index (κ1) is 14.5. The molecule has 2 heteroatoms. The van der Waals surface area contributed by atoms with Crippen molar-refractivity contribution < 1.29 is 5.11 Å². The highest BCUT2D eigenvalue weighted by Crippen LogP contribution is 2.22. The van der Waals surface area contributed by atoms with Gasteiger partial charge in [-0.15, -0.1) is 0 Å². The summed E-state index contributed by atoms with van der Waals surface area (Å²) in [6.07, 6.45) is 4.49. The van der Waals surface area contributed by atoms with Gasteiger partial charge in [-0.2, -0.15) is 0 Å². The average Bonchev–Trinajstić information content (AvgIpc) is 2.40. The van der Waals surface area contributed by atoms with Crippen molar-refractivity contribution in [2.24, 2.45) is 0 Å². The smallest absolute Gasteiger partial charge is 0.0802 e. The maximum absolute atomic E-state index is 10.3. The Morgan fingerprint density at radius 3 is 2.74 bits per heavy atom. The average molecular weight is 261 g/mol. The number of likely N-dealkylation sites (tertiary alicyclic amines) is 1. The SMILES string of the molecule is Cc1ccc(C(O)CCN2CCCCC2C)cc1C. The number of aliphatic hydroxyl groups excluding tert-OH is 1. The minimum Gasteiger partial charge on any atom is -0.388 e. The number of hydrogen-bond donors (Lipinski definition) is 1. The van der Waals surface area contributed by atoms with Gasteiger partial charge in [0.15, 0.2) is 0 Å². The van der Waals surface area contributed by atoms with Gasteiger partial charge < -0.3 is 10.0 Å². The van der Waals surface area contributed by atoms with Crippen LogP contribution in [0.2, 0.25) is 0 Å². The molecule has 1 aliphatic rings. The van der Waals surface area contributed by atoms with Crippen LogP contribution in [-0.2, 0) is 0 Å². The minimum atomic E-state index is -0.326. The van der Waals surface area contributed by atoms with Gasteiger partial charge in [-0.3, -0.25) is 0 Å². The molecule has 0 radical (unpaired) electrons. The zero-order valence-corrected chi connectivity index (χ0v) is 12.5. The van der Waals surface area contributed by atoms with Crippen LogP contribution in [0.3, 0.4) is 0 Å². The maximum Gasteiger partial charge on any atom is 0.0802 e. The van der Waals surface area contributed by atoms with Crippen molar-refractivity contribution in [2.75, 3.05) is 13.1 Å². The first-order valence-electron chi connectivity index (χ1n) is 7.57. The van der Waals surface area contributed by atoms with E-state index in [9.17, 15) is 5.11 Å². The Morgan fingerprint density at radius 2 is 2.05 bits per heavy atom. The molecule has 0 spiro atoms. The number of nitrogens with zero attached hydrogens (tertiary/aromatic N) is 1. The van der Waals surface area contributed by atoms with Gasteiger partial charge in [0, 0.05) is 12.6 Å². The molecular weight excluding hydrogens is 234 g/mol. The highest BCUT2D eigenvalue weighted by atomic mass is 16.3. The van der Waals surface area contributed by atoms with Gasteiger partial charge in [0.1, 0.15) is 0 Å². The molecule has 1 N–H and O–H groups in total. The van der Waals surface area contributed by atoms with E-state index >= 15 is 0 Å². The monoisotopic (exact) mass is 261 g/mol. The third kappa shape index (κ3) is 3.80. The molecule has 106 valence electrons. The lowest BCUT2D eigenvalue weighted by Gasteiger charge is -2.33.